The Kier molecular flexibility index (Phi) is 4.28. The van der Waals surface area contributed by atoms with Crippen LogP contribution in [0, 0.1) is 23.0 Å². The number of benzene rings is 1. The van der Waals surface area contributed by atoms with Crippen LogP contribution in [0.5, 0.6) is 0 Å². The number of aryl methyl sites for hydroxylation is 1. The van der Waals surface area contributed by atoms with Crippen molar-refractivity contribution in [3.8, 4) is 0 Å². The predicted octanol–water partition coefficient (Wildman–Crippen LogP) is 2.99. The summed E-state index contributed by atoms with van der Waals surface area (Å²) in [6.45, 7) is 5.00. The molecule has 2 unspecified atom stereocenters. The highest BCUT2D eigenvalue weighted by Crippen LogP contribution is 2.25. The molecule has 1 amide bonds. The Hall–Kier alpha value is -1.62. The average molecular weight is 297 g/mol. The number of nitro benzene ring substituents is 1. The van der Waals surface area contributed by atoms with E-state index in [0.717, 1.165) is 6.42 Å². The Labute approximate surface area is 122 Å². The molecule has 20 heavy (non-hydrogen) atoms. The third-order valence-corrected chi connectivity index (χ3v) is 4.37. The first-order valence-electron chi connectivity index (χ1n) is 6.58. The van der Waals surface area contributed by atoms with E-state index in [1.165, 1.54) is 18.2 Å². The van der Waals surface area contributed by atoms with Crippen LogP contribution in [0.1, 0.15) is 29.3 Å². The van der Waals surface area contributed by atoms with Gasteiger partial charge in [-0.1, -0.05) is 6.92 Å². The van der Waals surface area contributed by atoms with Crippen LogP contribution in [0.25, 0.3) is 0 Å². The quantitative estimate of drug-likeness (QED) is 0.479. The van der Waals surface area contributed by atoms with E-state index in [0.29, 0.717) is 30.1 Å². The van der Waals surface area contributed by atoms with Crippen molar-refractivity contribution >= 4 is 23.2 Å². The van der Waals surface area contributed by atoms with Crippen molar-refractivity contribution in [3.63, 3.8) is 0 Å². The number of hydrogen-bond acceptors (Lipinski definition) is 3. The fourth-order valence-electron chi connectivity index (χ4n) is 2.38. The molecule has 0 radical (unpaired) electrons. The summed E-state index contributed by atoms with van der Waals surface area (Å²) in [6, 6.07) is 4.32. The standard InChI is InChI=1S/C14H17ClN2O3/c1-9-5-6-16(8-13(9)15)14(18)12-4-3-11(17(19)20)7-10(12)2/h3-4,7,9,13H,5-6,8H2,1-2H3. The summed E-state index contributed by atoms with van der Waals surface area (Å²) in [5.74, 6) is 0.300. The van der Waals surface area contributed by atoms with Gasteiger partial charge in [0.15, 0.2) is 0 Å². The van der Waals surface area contributed by atoms with Gasteiger partial charge in [-0.25, -0.2) is 0 Å². The van der Waals surface area contributed by atoms with Crippen LogP contribution in [0.3, 0.4) is 0 Å². The van der Waals surface area contributed by atoms with Gasteiger partial charge < -0.3 is 4.90 Å². The minimum atomic E-state index is -0.460. The van der Waals surface area contributed by atoms with Gasteiger partial charge in [-0.2, -0.15) is 0 Å². The SMILES string of the molecule is Cc1cc([N+](=O)[O-])ccc1C(=O)N1CCC(C)C(Cl)C1. The number of carbonyl (C=O) groups excluding carboxylic acids is 1. The lowest BCUT2D eigenvalue weighted by Crippen LogP contribution is -2.44. The molecule has 1 saturated heterocycles. The van der Waals surface area contributed by atoms with E-state index in [1.54, 1.807) is 11.8 Å². The average Bonchev–Trinajstić information content (AvgIpc) is 2.41. The van der Waals surface area contributed by atoms with Crippen molar-refractivity contribution in [3.05, 3.63) is 39.4 Å². The first-order valence-corrected chi connectivity index (χ1v) is 7.02. The minimum Gasteiger partial charge on any atom is -0.337 e. The number of likely N-dealkylation sites (tertiary alicyclic amines) is 1. The second kappa shape index (κ2) is 5.79. The van der Waals surface area contributed by atoms with Crippen LogP contribution >= 0.6 is 11.6 Å². The maximum atomic E-state index is 12.5. The highest BCUT2D eigenvalue weighted by atomic mass is 35.5. The Morgan fingerprint density at radius 1 is 1.50 bits per heavy atom. The number of piperidine rings is 1. The third-order valence-electron chi connectivity index (χ3n) is 3.81. The third kappa shape index (κ3) is 2.93. The van der Waals surface area contributed by atoms with E-state index < -0.39 is 4.92 Å². The molecule has 1 fully saturated rings. The lowest BCUT2D eigenvalue weighted by molar-refractivity contribution is -0.384. The topological polar surface area (TPSA) is 63.5 Å². The summed E-state index contributed by atoms with van der Waals surface area (Å²) in [5.41, 5.74) is 1.13. The van der Waals surface area contributed by atoms with E-state index in [4.69, 9.17) is 11.6 Å². The molecule has 1 aliphatic rings. The van der Waals surface area contributed by atoms with Gasteiger partial charge in [0.1, 0.15) is 0 Å². The van der Waals surface area contributed by atoms with E-state index in [9.17, 15) is 14.9 Å². The normalized spacial score (nSPS) is 22.6. The molecule has 0 aliphatic carbocycles. The van der Waals surface area contributed by atoms with E-state index in [2.05, 4.69) is 6.92 Å². The van der Waals surface area contributed by atoms with Crippen molar-refractivity contribution < 1.29 is 9.72 Å². The number of hydrogen-bond donors (Lipinski definition) is 0. The Morgan fingerprint density at radius 2 is 2.20 bits per heavy atom. The molecule has 6 heteroatoms. The zero-order valence-electron chi connectivity index (χ0n) is 11.5. The predicted molar refractivity (Wildman–Crippen MR) is 77.2 cm³/mol. The number of nitro groups is 1. The summed E-state index contributed by atoms with van der Waals surface area (Å²) in [5, 5.41) is 10.7. The zero-order chi connectivity index (χ0) is 14.9. The second-order valence-electron chi connectivity index (χ2n) is 5.29. The summed E-state index contributed by atoms with van der Waals surface area (Å²) in [4.78, 5) is 24.4. The number of rotatable bonds is 2. The molecule has 2 atom stereocenters. The molecular weight excluding hydrogens is 280 g/mol. The number of halogens is 1. The van der Waals surface area contributed by atoms with Crippen LogP contribution in [-0.4, -0.2) is 34.2 Å². The second-order valence-corrected chi connectivity index (χ2v) is 5.85. The number of amides is 1. The van der Waals surface area contributed by atoms with Crippen molar-refractivity contribution in [2.75, 3.05) is 13.1 Å². The molecule has 0 saturated carbocycles. The lowest BCUT2D eigenvalue weighted by atomic mass is 9.97. The largest absolute Gasteiger partial charge is 0.337 e. The van der Waals surface area contributed by atoms with E-state index >= 15 is 0 Å². The molecular formula is C14H17ClN2O3. The van der Waals surface area contributed by atoms with Crippen LogP contribution in [0.4, 0.5) is 5.69 Å². The molecule has 2 rings (SSSR count). The first kappa shape index (κ1) is 14.8. The fourth-order valence-corrected chi connectivity index (χ4v) is 2.67. The molecule has 1 aromatic carbocycles. The fraction of sp³-hybridized carbons (Fsp3) is 0.500. The molecule has 0 spiro atoms. The number of carbonyl (C=O) groups is 1. The summed E-state index contributed by atoms with van der Waals surface area (Å²) in [6.07, 6.45) is 0.881. The van der Waals surface area contributed by atoms with Gasteiger partial charge in [0, 0.05) is 30.8 Å². The molecule has 1 aliphatic heterocycles. The molecule has 0 N–H and O–H groups in total. The van der Waals surface area contributed by atoms with Gasteiger partial charge >= 0.3 is 0 Å². The van der Waals surface area contributed by atoms with Crippen LogP contribution in [0.15, 0.2) is 18.2 Å². The van der Waals surface area contributed by atoms with Gasteiger partial charge in [0.25, 0.3) is 11.6 Å². The number of alkyl halides is 1. The van der Waals surface area contributed by atoms with E-state index in [-0.39, 0.29) is 17.0 Å². The van der Waals surface area contributed by atoms with Gasteiger partial charge in [-0.15, -0.1) is 11.6 Å². The van der Waals surface area contributed by atoms with Crippen LogP contribution in [-0.2, 0) is 0 Å². The van der Waals surface area contributed by atoms with E-state index in [1.807, 2.05) is 0 Å². The molecule has 1 aromatic rings. The molecule has 1 heterocycles. The maximum Gasteiger partial charge on any atom is 0.269 e. The monoisotopic (exact) mass is 296 g/mol. The Morgan fingerprint density at radius 3 is 2.75 bits per heavy atom. The Bertz CT molecular complexity index is 547. The number of nitrogens with zero attached hydrogens (tertiary/aromatic N) is 2. The van der Waals surface area contributed by atoms with Gasteiger partial charge in [-0.05, 0) is 30.9 Å². The lowest BCUT2D eigenvalue weighted by Gasteiger charge is -2.34. The van der Waals surface area contributed by atoms with Crippen molar-refractivity contribution in [1.82, 2.24) is 4.90 Å². The highest BCUT2D eigenvalue weighted by Gasteiger charge is 2.28. The van der Waals surface area contributed by atoms with Crippen molar-refractivity contribution in [2.24, 2.45) is 5.92 Å². The van der Waals surface area contributed by atoms with Crippen LogP contribution < -0.4 is 0 Å². The molecule has 5 nitrogen and oxygen atoms in total. The van der Waals surface area contributed by atoms with Gasteiger partial charge in [-0.3, -0.25) is 14.9 Å². The zero-order valence-corrected chi connectivity index (χ0v) is 12.3. The summed E-state index contributed by atoms with van der Waals surface area (Å²) < 4.78 is 0. The highest BCUT2D eigenvalue weighted by molar-refractivity contribution is 6.21. The van der Waals surface area contributed by atoms with Gasteiger partial charge in [0.05, 0.1) is 10.3 Å². The summed E-state index contributed by atoms with van der Waals surface area (Å²) in [7, 11) is 0. The van der Waals surface area contributed by atoms with Crippen molar-refractivity contribution in [1.29, 1.82) is 0 Å². The molecule has 0 aromatic heterocycles. The smallest absolute Gasteiger partial charge is 0.269 e. The van der Waals surface area contributed by atoms with Gasteiger partial charge in [0.2, 0.25) is 0 Å². The first-order chi connectivity index (χ1) is 9.40. The number of non-ortho nitro benzene ring substituents is 1. The summed E-state index contributed by atoms with van der Waals surface area (Å²) >= 11 is 6.22. The Balaban J connectivity index is 2.19. The maximum absolute atomic E-state index is 12.5. The van der Waals surface area contributed by atoms with Crippen molar-refractivity contribution in [2.45, 2.75) is 25.6 Å². The van der Waals surface area contributed by atoms with Crippen LogP contribution in [0.2, 0.25) is 0 Å². The molecule has 0 bridgehead atoms. The molecule has 108 valence electrons. The minimum absolute atomic E-state index is 0.00142.